The summed E-state index contributed by atoms with van der Waals surface area (Å²) in [6, 6.07) is 0. The van der Waals surface area contributed by atoms with Gasteiger partial charge in [-0.1, -0.05) is 13.5 Å². The quantitative estimate of drug-likeness (QED) is 0.485. The van der Waals surface area contributed by atoms with Crippen molar-refractivity contribution in [1.82, 2.24) is 10.4 Å². The average molecular weight is 156 g/mol. The van der Waals surface area contributed by atoms with E-state index in [4.69, 9.17) is 0 Å². The molecule has 0 atom stereocenters. The Morgan fingerprint density at radius 3 is 2.36 bits per heavy atom. The van der Waals surface area contributed by atoms with Crippen LogP contribution in [0.25, 0.3) is 0 Å². The van der Waals surface area contributed by atoms with E-state index in [-0.39, 0.29) is 5.91 Å². The van der Waals surface area contributed by atoms with Gasteiger partial charge in [-0.25, -0.2) is 5.43 Å². The standard InChI is InChI=1S/C8H16N2O/c1-5-9-10(6-2)8(11)7(3)4/h9H,3,5-6H2,1-2,4H3. The number of amides is 1. The van der Waals surface area contributed by atoms with E-state index in [2.05, 4.69) is 12.0 Å². The van der Waals surface area contributed by atoms with Crippen molar-refractivity contribution >= 4 is 5.91 Å². The van der Waals surface area contributed by atoms with Gasteiger partial charge in [-0.3, -0.25) is 9.80 Å². The topological polar surface area (TPSA) is 32.3 Å². The molecule has 0 saturated heterocycles. The molecule has 3 nitrogen and oxygen atoms in total. The van der Waals surface area contributed by atoms with Gasteiger partial charge >= 0.3 is 0 Å². The average Bonchev–Trinajstić information content (AvgIpc) is 1.98. The molecule has 0 aromatic rings. The van der Waals surface area contributed by atoms with Crippen LogP contribution in [0.1, 0.15) is 20.8 Å². The summed E-state index contributed by atoms with van der Waals surface area (Å²) in [5.41, 5.74) is 3.50. The summed E-state index contributed by atoms with van der Waals surface area (Å²) < 4.78 is 0. The molecule has 64 valence electrons. The lowest BCUT2D eigenvalue weighted by atomic mass is 10.3. The fraction of sp³-hybridized carbons (Fsp3) is 0.625. The third kappa shape index (κ3) is 3.18. The molecule has 0 aliphatic carbocycles. The predicted molar refractivity (Wildman–Crippen MR) is 45.9 cm³/mol. The van der Waals surface area contributed by atoms with E-state index in [9.17, 15) is 4.79 Å². The molecule has 0 aliphatic heterocycles. The van der Waals surface area contributed by atoms with E-state index in [1.165, 1.54) is 0 Å². The zero-order valence-corrected chi connectivity index (χ0v) is 7.48. The van der Waals surface area contributed by atoms with Crippen molar-refractivity contribution in [2.75, 3.05) is 13.1 Å². The van der Waals surface area contributed by atoms with Crippen LogP contribution >= 0.6 is 0 Å². The van der Waals surface area contributed by atoms with Crippen molar-refractivity contribution in [2.45, 2.75) is 20.8 Å². The highest BCUT2D eigenvalue weighted by molar-refractivity contribution is 5.91. The second-order valence-corrected chi connectivity index (χ2v) is 2.34. The molecule has 3 heteroatoms. The lowest BCUT2D eigenvalue weighted by molar-refractivity contribution is -0.129. The second kappa shape index (κ2) is 4.91. The number of hydrazine groups is 1. The molecule has 0 unspecified atom stereocenters. The first-order chi connectivity index (χ1) is 5.13. The Balaban J connectivity index is 4.02. The summed E-state index contributed by atoms with van der Waals surface area (Å²) in [4.78, 5) is 11.2. The van der Waals surface area contributed by atoms with Crippen LogP contribution in [-0.4, -0.2) is 24.0 Å². The maximum absolute atomic E-state index is 11.2. The monoisotopic (exact) mass is 156 g/mol. The van der Waals surface area contributed by atoms with Crippen LogP contribution < -0.4 is 5.43 Å². The van der Waals surface area contributed by atoms with Crippen LogP contribution in [0.5, 0.6) is 0 Å². The highest BCUT2D eigenvalue weighted by atomic mass is 16.2. The van der Waals surface area contributed by atoms with Gasteiger partial charge in [0.25, 0.3) is 5.91 Å². The van der Waals surface area contributed by atoms with E-state index in [0.717, 1.165) is 6.54 Å². The molecule has 0 aromatic heterocycles. The highest BCUT2D eigenvalue weighted by Gasteiger charge is 2.09. The van der Waals surface area contributed by atoms with Crippen molar-refractivity contribution < 1.29 is 4.79 Å². The van der Waals surface area contributed by atoms with E-state index >= 15 is 0 Å². The number of nitrogens with one attached hydrogen (secondary N) is 1. The van der Waals surface area contributed by atoms with E-state index in [0.29, 0.717) is 12.1 Å². The molecule has 0 heterocycles. The molecular formula is C8H16N2O. The smallest absolute Gasteiger partial charge is 0.262 e. The Bertz CT molecular complexity index is 154. The molecule has 0 spiro atoms. The largest absolute Gasteiger partial charge is 0.275 e. The zero-order valence-electron chi connectivity index (χ0n) is 7.48. The molecular weight excluding hydrogens is 140 g/mol. The van der Waals surface area contributed by atoms with Gasteiger partial charge in [0.05, 0.1) is 0 Å². The Hall–Kier alpha value is -0.830. The molecule has 0 bridgehead atoms. The summed E-state index contributed by atoms with van der Waals surface area (Å²) in [5, 5.41) is 1.56. The first kappa shape index (κ1) is 10.2. The van der Waals surface area contributed by atoms with E-state index in [1.807, 2.05) is 13.8 Å². The molecule has 1 amide bonds. The predicted octanol–water partition coefficient (Wildman–Crippen LogP) is 0.935. The summed E-state index contributed by atoms with van der Waals surface area (Å²) in [6.07, 6.45) is 0. The Labute approximate surface area is 68.0 Å². The van der Waals surface area contributed by atoms with Crippen LogP contribution in [0, 0.1) is 0 Å². The van der Waals surface area contributed by atoms with Crippen LogP contribution in [0.3, 0.4) is 0 Å². The zero-order chi connectivity index (χ0) is 8.85. The molecule has 0 fully saturated rings. The first-order valence-corrected chi connectivity index (χ1v) is 3.84. The molecule has 1 N–H and O–H groups in total. The summed E-state index contributed by atoms with van der Waals surface area (Å²) in [7, 11) is 0. The van der Waals surface area contributed by atoms with Gasteiger partial charge in [0.2, 0.25) is 0 Å². The van der Waals surface area contributed by atoms with Crippen molar-refractivity contribution in [3.63, 3.8) is 0 Å². The molecule has 0 saturated carbocycles. The minimum atomic E-state index is -0.0330. The second-order valence-electron chi connectivity index (χ2n) is 2.34. The number of rotatable bonds is 4. The SMILES string of the molecule is C=C(C)C(=O)N(CC)NCC. The van der Waals surface area contributed by atoms with Crippen LogP contribution in [0.4, 0.5) is 0 Å². The number of hydrogen-bond donors (Lipinski definition) is 1. The fourth-order valence-electron chi connectivity index (χ4n) is 0.748. The number of carbonyl (C=O) groups is 1. The van der Waals surface area contributed by atoms with Crippen LogP contribution in [0.2, 0.25) is 0 Å². The Morgan fingerprint density at radius 1 is 1.55 bits per heavy atom. The number of likely N-dealkylation sites (N-methyl/N-ethyl adjacent to an activating group) is 1. The number of hydrogen-bond acceptors (Lipinski definition) is 2. The minimum absolute atomic E-state index is 0.0330. The molecule has 11 heavy (non-hydrogen) atoms. The third-order valence-corrected chi connectivity index (χ3v) is 1.28. The van der Waals surface area contributed by atoms with Gasteiger partial charge in [-0.05, 0) is 13.8 Å². The van der Waals surface area contributed by atoms with Crippen molar-refractivity contribution in [3.8, 4) is 0 Å². The van der Waals surface area contributed by atoms with Crippen LogP contribution in [-0.2, 0) is 4.79 Å². The highest BCUT2D eigenvalue weighted by Crippen LogP contribution is 1.94. The van der Waals surface area contributed by atoms with E-state index in [1.54, 1.807) is 11.9 Å². The summed E-state index contributed by atoms with van der Waals surface area (Å²) in [5.74, 6) is -0.0330. The molecule has 0 aliphatic rings. The summed E-state index contributed by atoms with van der Waals surface area (Å²) >= 11 is 0. The lowest BCUT2D eigenvalue weighted by Crippen LogP contribution is -2.42. The van der Waals surface area contributed by atoms with Gasteiger partial charge in [-0.15, -0.1) is 0 Å². The molecule has 0 aromatic carbocycles. The van der Waals surface area contributed by atoms with Gasteiger partial charge in [0.15, 0.2) is 0 Å². The lowest BCUT2D eigenvalue weighted by Gasteiger charge is -2.20. The van der Waals surface area contributed by atoms with Gasteiger partial charge < -0.3 is 0 Å². The molecule has 0 radical (unpaired) electrons. The van der Waals surface area contributed by atoms with Crippen molar-refractivity contribution in [1.29, 1.82) is 0 Å². The van der Waals surface area contributed by atoms with Crippen molar-refractivity contribution in [3.05, 3.63) is 12.2 Å². The first-order valence-electron chi connectivity index (χ1n) is 3.84. The maximum Gasteiger partial charge on any atom is 0.262 e. The fourth-order valence-corrected chi connectivity index (χ4v) is 0.748. The van der Waals surface area contributed by atoms with Crippen molar-refractivity contribution in [2.24, 2.45) is 0 Å². The normalized spacial score (nSPS) is 9.36. The number of nitrogens with zero attached hydrogens (tertiary/aromatic N) is 1. The minimum Gasteiger partial charge on any atom is -0.275 e. The van der Waals surface area contributed by atoms with Gasteiger partial charge in [-0.2, -0.15) is 0 Å². The number of carbonyl (C=O) groups excluding carboxylic acids is 1. The Morgan fingerprint density at radius 2 is 2.09 bits per heavy atom. The van der Waals surface area contributed by atoms with Crippen LogP contribution in [0.15, 0.2) is 12.2 Å². The van der Waals surface area contributed by atoms with E-state index < -0.39 is 0 Å². The Kier molecular flexibility index (Phi) is 4.54. The third-order valence-electron chi connectivity index (χ3n) is 1.28. The maximum atomic E-state index is 11.2. The van der Waals surface area contributed by atoms with Gasteiger partial charge in [0.1, 0.15) is 0 Å². The van der Waals surface area contributed by atoms with Gasteiger partial charge in [0, 0.05) is 18.7 Å². The summed E-state index contributed by atoms with van der Waals surface area (Å²) in [6.45, 7) is 10.6. The molecule has 0 rings (SSSR count).